The molecular formula is C25H26N6O3. The Hall–Kier alpha value is -4.14. The number of hydrogen-bond acceptors (Lipinski definition) is 5. The van der Waals surface area contributed by atoms with E-state index in [1.807, 2.05) is 30.3 Å². The fraction of sp³-hybridized carbons (Fsp3) is 0.280. The van der Waals surface area contributed by atoms with Crippen LogP contribution >= 0.6 is 0 Å². The Bertz CT molecular complexity index is 1510. The molecule has 0 radical (unpaired) electrons. The van der Waals surface area contributed by atoms with Crippen LogP contribution in [0.5, 0.6) is 0 Å². The van der Waals surface area contributed by atoms with Crippen LogP contribution < -0.4 is 21.5 Å². The van der Waals surface area contributed by atoms with Gasteiger partial charge < -0.3 is 14.8 Å². The number of aromatic nitrogens is 4. The zero-order valence-electron chi connectivity index (χ0n) is 19.2. The molecule has 1 N–H and O–H groups in total. The highest BCUT2D eigenvalue weighted by Gasteiger charge is 2.22. The fourth-order valence-corrected chi connectivity index (χ4v) is 4.59. The minimum Gasteiger partial charge on any atom is -0.339 e. The average Bonchev–Trinajstić information content (AvgIpc) is 3.46. The molecule has 0 atom stereocenters. The lowest BCUT2D eigenvalue weighted by Crippen LogP contribution is -2.37. The van der Waals surface area contributed by atoms with Crippen molar-refractivity contribution in [3.8, 4) is 0 Å². The van der Waals surface area contributed by atoms with Gasteiger partial charge in [-0.15, -0.1) is 0 Å². The molecule has 0 spiro atoms. The normalized spacial score (nSPS) is 12.8. The Morgan fingerprint density at radius 1 is 1.00 bits per heavy atom. The molecule has 4 aromatic rings. The molecule has 1 amide bonds. The molecular weight excluding hydrogens is 432 g/mol. The van der Waals surface area contributed by atoms with Gasteiger partial charge in [0.15, 0.2) is 11.2 Å². The molecule has 3 heterocycles. The van der Waals surface area contributed by atoms with E-state index in [0.717, 1.165) is 28.9 Å². The molecule has 0 saturated heterocycles. The van der Waals surface area contributed by atoms with Crippen LogP contribution in [0.15, 0.2) is 64.4 Å². The number of carbonyl (C=O) groups excluding carboxylic acids is 1. The molecule has 9 heteroatoms. The molecule has 0 fully saturated rings. The molecule has 1 aliphatic heterocycles. The second kappa shape index (κ2) is 8.66. The van der Waals surface area contributed by atoms with E-state index in [0.29, 0.717) is 24.1 Å². The summed E-state index contributed by atoms with van der Waals surface area (Å²) in [4.78, 5) is 43.9. The van der Waals surface area contributed by atoms with Crippen LogP contribution in [0.4, 0.5) is 17.1 Å². The standard InChI is InChI=1S/C25H26N6O3/c1-28-23-22(24(33)29(2)25(28)34)30(16-26-23)14-7-12-21(32)27-18-9-4-6-11-20(18)31-15-13-17-8-3-5-10-19(17)31/h3-6,8-11,16H,7,12-15H2,1-2H3,(H,27,32). The van der Waals surface area contributed by atoms with Gasteiger partial charge in [-0.25, -0.2) is 9.78 Å². The Morgan fingerprint density at radius 3 is 2.56 bits per heavy atom. The summed E-state index contributed by atoms with van der Waals surface area (Å²) >= 11 is 0. The minimum atomic E-state index is -0.415. The van der Waals surface area contributed by atoms with E-state index in [2.05, 4.69) is 33.4 Å². The molecule has 34 heavy (non-hydrogen) atoms. The number of nitrogens with one attached hydrogen (secondary N) is 1. The van der Waals surface area contributed by atoms with Crippen molar-refractivity contribution < 1.29 is 4.79 Å². The average molecular weight is 459 g/mol. The van der Waals surface area contributed by atoms with Crippen molar-refractivity contribution in [3.63, 3.8) is 0 Å². The number of anilines is 3. The first-order chi connectivity index (χ1) is 16.5. The highest BCUT2D eigenvalue weighted by atomic mass is 16.2. The molecule has 2 aromatic carbocycles. The molecule has 0 aliphatic carbocycles. The molecule has 174 valence electrons. The summed E-state index contributed by atoms with van der Waals surface area (Å²) < 4.78 is 4.13. The summed E-state index contributed by atoms with van der Waals surface area (Å²) in [5.74, 6) is -0.0929. The highest BCUT2D eigenvalue weighted by molar-refractivity contribution is 5.95. The third-order valence-corrected chi connectivity index (χ3v) is 6.38. The number of aryl methyl sites for hydroxylation is 2. The van der Waals surface area contributed by atoms with E-state index in [1.54, 1.807) is 17.9 Å². The second-order valence-corrected chi connectivity index (χ2v) is 8.52. The first-order valence-corrected chi connectivity index (χ1v) is 11.3. The van der Waals surface area contributed by atoms with Gasteiger partial charge in [0.2, 0.25) is 5.91 Å². The lowest BCUT2D eigenvalue weighted by molar-refractivity contribution is -0.116. The van der Waals surface area contributed by atoms with Crippen LogP contribution in [-0.4, -0.2) is 31.1 Å². The molecule has 9 nitrogen and oxygen atoms in total. The van der Waals surface area contributed by atoms with Crippen LogP contribution in [0.1, 0.15) is 18.4 Å². The molecule has 1 aliphatic rings. The van der Waals surface area contributed by atoms with Gasteiger partial charge in [0.25, 0.3) is 5.56 Å². The lowest BCUT2D eigenvalue weighted by Gasteiger charge is -2.23. The summed E-state index contributed by atoms with van der Waals surface area (Å²) in [5, 5.41) is 3.06. The number of benzene rings is 2. The summed E-state index contributed by atoms with van der Waals surface area (Å²) in [6.45, 7) is 1.32. The van der Waals surface area contributed by atoms with Gasteiger partial charge in [-0.2, -0.15) is 0 Å². The van der Waals surface area contributed by atoms with E-state index in [4.69, 9.17) is 0 Å². The van der Waals surface area contributed by atoms with Gasteiger partial charge in [-0.1, -0.05) is 30.3 Å². The zero-order chi connectivity index (χ0) is 23.8. The predicted molar refractivity (Wildman–Crippen MR) is 132 cm³/mol. The summed E-state index contributed by atoms with van der Waals surface area (Å²) in [7, 11) is 3.04. The SMILES string of the molecule is Cn1c(=O)c2c(ncn2CCCC(=O)Nc2ccccc2N2CCc3ccccc32)n(C)c1=O. The van der Waals surface area contributed by atoms with Crippen molar-refractivity contribution >= 4 is 34.1 Å². The number of rotatable bonds is 6. The number of fused-ring (bicyclic) bond motifs is 2. The van der Waals surface area contributed by atoms with Crippen LogP contribution in [0, 0.1) is 0 Å². The monoisotopic (exact) mass is 458 g/mol. The van der Waals surface area contributed by atoms with Gasteiger partial charge in [0, 0.05) is 39.3 Å². The van der Waals surface area contributed by atoms with E-state index >= 15 is 0 Å². The number of carbonyl (C=O) groups is 1. The van der Waals surface area contributed by atoms with E-state index in [9.17, 15) is 14.4 Å². The quantitative estimate of drug-likeness (QED) is 0.479. The summed E-state index contributed by atoms with van der Waals surface area (Å²) in [6, 6.07) is 16.2. The first kappa shape index (κ1) is 21.7. The number of nitrogens with zero attached hydrogens (tertiary/aromatic N) is 5. The Labute approximate surface area is 195 Å². The van der Waals surface area contributed by atoms with Gasteiger partial charge in [-0.3, -0.25) is 18.7 Å². The third-order valence-electron chi connectivity index (χ3n) is 6.38. The zero-order valence-corrected chi connectivity index (χ0v) is 19.2. The molecule has 0 unspecified atom stereocenters. The van der Waals surface area contributed by atoms with Crippen molar-refractivity contribution in [2.24, 2.45) is 14.1 Å². The first-order valence-electron chi connectivity index (χ1n) is 11.3. The Kier molecular flexibility index (Phi) is 5.53. The Morgan fingerprint density at radius 2 is 1.74 bits per heavy atom. The maximum atomic E-state index is 12.8. The minimum absolute atomic E-state index is 0.0929. The fourth-order valence-electron chi connectivity index (χ4n) is 4.59. The maximum absolute atomic E-state index is 12.8. The molecule has 0 saturated carbocycles. The van der Waals surface area contributed by atoms with Gasteiger partial charge in [-0.05, 0) is 36.6 Å². The predicted octanol–water partition coefficient (Wildman–Crippen LogP) is 2.55. The molecule has 2 aromatic heterocycles. The number of imidazole rings is 1. The smallest absolute Gasteiger partial charge is 0.332 e. The summed E-state index contributed by atoms with van der Waals surface area (Å²) in [6.07, 6.45) is 3.33. The van der Waals surface area contributed by atoms with Gasteiger partial charge in [0.05, 0.1) is 17.7 Å². The van der Waals surface area contributed by atoms with E-state index in [-0.39, 0.29) is 17.9 Å². The van der Waals surface area contributed by atoms with Crippen LogP contribution in [0.3, 0.4) is 0 Å². The van der Waals surface area contributed by atoms with Crippen molar-refractivity contribution in [3.05, 3.63) is 81.3 Å². The summed E-state index contributed by atoms with van der Waals surface area (Å²) in [5.41, 5.74) is 4.14. The largest absolute Gasteiger partial charge is 0.339 e. The third kappa shape index (κ3) is 3.68. The van der Waals surface area contributed by atoms with Crippen LogP contribution in [0.25, 0.3) is 11.2 Å². The van der Waals surface area contributed by atoms with Crippen molar-refractivity contribution in [2.45, 2.75) is 25.8 Å². The number of para-hydroxylation sites is 3. The van der Waals surface area contributed by atoms with E-state index < -0.39 is 5.69 Å². The van der Waals surface area contributed by atoms with Crippen molar-refractivity contribution in [2.75, 3.05) is 16.8 Å². The topological polar surface area (TPSA) is 94.2 Å². The van der Waals surface area contributed by atoms with Gasteiger partial charge >= 0.3 is 5.69 Å². The molecule has 5 rings (SSSR count). The van der Waals surface area contributed by atoms with Crippen LogP contribution in [-0.2, 0) is 31.9 Å². The van der Waals surface area contributed by atoms with Crippen molar-refractivity contribution in [1.82, 2.24) is 18.7 Å². The van der Waals surface area contributed by atoms with Crippen molar-refractivity contribution in [1.29, 1.82) is 0 Å². The van der Waals surface area contributed by atoms with Crippen LogP contribution in [0.2, 0.25) is 0 Å². The second-order valence-electron chi connectivity index (χ2n) is 8.52. The Balaban J connectivity index is 1.28. The number of hydrogen-bond donors (Lipinski definition) is 1. The lowest BCUT2D eigenvalue weighted by atomic mass is 10.1. The maximum Gasteiger partial charge on any atom is 0.332 e. The van der Waals surface area contributed by atoms with E-state index in [1.165, 1.54) is 22.9 Å². The molecule has 0 bridgehead atoms. The highest BCUT2D eigenvalue weighted by Crippen LogP contribution is 2.38. The van der Waals surface area contributed by atoms with Gasteiger partial charge in [0.1, 0.15) is 0 Å². The number of amides is 1.